The lowest BCUT2D eigenvalue weighted by atomic mass is 9.99. The molecule has 0 radical (unpaired) electrons. The lowest BCUT2D eigenvalue weighted by Crippen LogP contribution is -1.97. The molecule has 0 bridgehead atoms. The zero-order valence-electron chi connectivity index (χ0n) is 12.1. The van der Waals surface area contributed by atoms with Crippen LogP contribution >= 0.6 is 0 Å². The van der Waals surface area contributed by atoms with Gasteiger partial charge in [-0.1, -0.05) is 24.3 Å². The van der Waals surface area contributed by atoms with Crippen molar-refractivity contribution in [1.82, 2.24) is 0 Å². The van der Waals surface area contributed by atoms with E-state index in [0.717, 1.165) is 29.0 Å². The van der Waals surface area contributed by atoms with Gasteiger partial charge in [0, 0.05) is 6.42 Å². The molecule has 4 nitrogen and oxygen atoms in total. The van der Waals surface area contributed by atoms with Crippen molar-refractivity contribution in [3.8, 4) is 11.5 Å². The molecule has 1 aliphatic heterocycles. The highest BCUT2D eigenvalue weighted by atomic mass is 17.2. The molecule has 1 saturated heterocycles. The summed E-state index contributed by atoms with van der Waals surface area (Å²) in [5.41, 5.74) is 2.18. The summed E-state index contributed by atoms with van der Waals surface area (Å²) < 4.78 is 10.3. The standard InChI is InChI=1S/C17H18O4/c1-18-14-7-3-12(4-8-14)16-11-17(21-20-16)13-5-9-15(19-2)10-6-13/h3-10,16-17H,11H2,1-2H3/t16-,17?/m0/s1. The summed E-state index contributed by atoms with van der Waals surface area (Å²) in [6, 6.07) is 15.7. The molecule has 3 rings (SSSR count). The van der Waals surface area contributed by atoms with Gasteiger partial charge in [0.05, 0.1) is 14.2 Å². The van der Waals surface area contributed by atoms with Gasteiger partial charge in [0.25, 0.3) is 0 Å². The fourth-order valence-corrected chi connectivity index (χ4v) is 2.43. The molecule has 1 fully saturated rings. The lowest BCUT2D eigenvalue weighted by Gasteiger charge is -2.08. The van der Waals surface area contributed by atoms with Crippen molar-refractivity contribution in [3.05, 3.63) is 59.7 Å². The normalized spacial score (nSPS) is 21.2. The molecule has 2 aromatic rings. The fourth-order valence-electron chi connectivity index (χ4n) is 2.43. The van der Waals surface area contributed by atoms with Crippen LogP contribution in [0.3, 0.4) is 0 Å². The van der Waals surface area contributed by atoms with Crippen molar-refractivity contribution in [2.24, 2.45) is 0 Å². The summed E-state index contributed by atoms with van der Waals surface area (Å²) >= 11 is 0. The van der Waals surface area contributed by atoms with Gasteiger partial charge in [0.15, 0.2) is 0 Å². The fraction of sp³-hybridized carbons (Fsp3) is 0.294. The van der Waals surface area contributed by atoms with Crippen molar-refractivity contribution < 1.29 is 19.2 Å². The van der Waals surface area contributed by atoms with E-state index >= 15 is 0 Å². The Hall–Kier alpha value is -2.04. The molecule has 0 saturated carbocycles. The molecule has 0 N–H and O–H groups in total. The maximum absolute atomic E-state index is 5.46. The molecule has 2 aromatic carbocycles. The Bertz CT molecular complexity index is 523. The summed E-state index contributed by atoms with van der Waals surface area (Å²) in [4.78, 5) is 10.9. The maximum atomic E-state index is 5.46. The van der Waals surface area contributed by atoms with Crippen LogP contribution in [0.25, 0.3) is 0 Å². The van der Waals surface area contributed by atoms with Gasteiger partial charge in [0.2, 0.25) is 0 Å². The summed E-state index contributed by atoms with van der Waals surface area (Å²) in [6.45, 7) is 0. The summed E-state index contributed by atoms with van der Waals surface area (Å²) in [5.74, 6) is 1.67. The average molecular weight is 286 g/mol. The van der Waals surface area contributed by atoms with E-state index < -0.39 is 0 Å². The van der Waals surface area contributed by atoms with Gasteiger partial charge in [-0.25, -0.2) is 9.78 Å². The number of hydrogen-bond acceptors (Lipinski definition) is 4. The van der Waals surface area contributed by atoms with Crippen molar-refractivity contribution in [2.75, 3.05) is 14.2 Å². The number of hydrogen-bond donors (Lipinski definition) is 0. The van der Waals surface area contributed by atoms with Gasteiger partial charge in [-0.3, -0.25) is 0 Å². The van der Waals surface area contributed by atoms with E-state index in [4.69, 9.17) is 19.2 Å². The first-order chi connectivity index (χ1) is 10.3. The van der Waals surface area contributed by atoms with Crippen LogP contribution < -0.4 is 9.47 Å². The highest BCUT2D eigenvalue weighted by Crippen LogP contribution is 2.39. The van der Waals surface area contributed by atoms with E-state index in [1.807, 2.05) is 48.5 Å². The van der Waals surface area contributed by atoms with Gasteiger partial charge < -0.3 is 9.47 Å². The number of methoxy groups -OCH3 is 2. The van der Waals surface area contributed by atoms with Crippen LogP contribution in [0.2, 0.25) is 0 Å². The first kappa shape index (κ1) is 13.9. The van der Waals surface area contributed by atoms with Gasteiger partial charge in [-0.2, -0.15) is 0 Å². The van der Waals surface area contributed by atoms with Crippen LogP contribution in [0.1, 0.15) is 29.8 Å². The van der Waals surface area contributed by atoms with Gasteiger partial charge in [-0.15, -0.1) is 0 Å². The Morgan fingerprint density at radius 1 is 0.714 bits per heavy atom. The summed E-state index contributed by atoms with van der Waals surface area (Å²) in [6.07, 6.45) is 0.685. The van der Waals surface area contributed by atoms with E-state index in [-0.39, 0.29) is 12.2 Å². The number of benzene rings is 2. The minimum atomic E-state index is -0.0528. The van der Waals surface area contributed by atoms with E-state index in [9.17, 15) is 0 Å². The van der Waals surface area contributed by atoms with Crippen LogP contribution in [0.15, 0.2) is 48.5 Å². The highest BCUT2D eigenvalue weighted by Gasteiger charge is 2.29. The first-order valence-corrected chi connectivity index (χ1v) is 6.90. The van der Waals surface area contributed by atoms with Crippen LogP contribution in [-0.4, -0.2) is 14.2 Å². The van der Waals surface area contributed by atoms with Crippen LogP contribution in [0.4, 0.5) is 0 Å². The Kier molecular flexibility index (Phi) is 4.08. The van der Waals surface area contributed by atoms with Crippen molar-refractivity contribution in [2.45, 2.75) is 18.6 Å². The Morgan fingerprint density at radius 3 is 1.43 bits per heavy atom. The summed E-state index contributed by atoms with van der Waals surface area (Å²) in [7, 11) is 3.31. The minimum absolute atomic E-state index is 0.0528. The van der Waals surface area contributed by atoms with Crippen molar-refractivity contribution in [1.29, 1.82) is 0 Å². The molecule has 1 heterocycles. The average Bonchev–Trinajstić information content (AvgIpc) is 3.05. The zero-order chi connectivity index (χ0) is 14.7. The minimum Gasteiger partial charge on any atom is -0.497 e. The maximum Gasteiger partial charge on any atom is 0.121 e. The van der Waals surface area contributed by atoms with E-state index in [2.05, 4.69) is 0 Å². The van der Waals surface area contributed by atoms with E-state index in [1.54, 1.807) is 14.2 Å². The van der Waals surface area contributed by atoms with Gasteiger partial charge in [-0.05, 0) is 35.4 Å². The third-order valence-corrected chi connectivity index (χ3v) is 3.69. The Labute approximate surface area is 124 Å². The molecule has 4 heteroatoms. The monoisotopic (exact) mass is 286 g/mol. The second kappa shape index (κ2) is 6.16. The third kappa shape index (κ3) is 3.01. The largest absolute Gasteiger partial charge is 0.497 e. The molecule has 0 aliphatic carbocycles. The second-order valence-electron chi connectivity index (χ2n) is 4.95. The lowest BCUT2D eigenvalue weighted by molar-refractivity contribution is -0.300. The highest BCUT2D eigenvalue weighted by molar-refractivity contribution is 5.31. The Balaban J connectivity index is 1.68. The smallest absolute Gasteiger partial charge is 0.121 e. The predicted octanol–water partition coefficient (Wildman–Crippen LogP) is 3.84. The zero-order valence-corrected chi connectivity index (χ0v) is 12.1. The molecule has 110 valence electrons. The quantitative estimate of drug-likeness (QED) is 0.800. The molecule has 2 atom stereocenters. The molecular weight excluding hydrogens is 268 g/mol. The molecule has 21 heavy (non-hydrogen) atoms. The molecular formula is C17H18O4. The van der Waals surface area contributed by atoms with Gasteiger partial charge in [0.1, 0.15) is 23.7 Å². The van der Waals surface area contributed by atoms with Crippen molar-refractivity contribution >= 4 is 0 Å². The summed E-state index contributed by atoms with van der Waals surface area (Å²) in [5, 5.41) is 0. The predicted molar refractivity (Wildman–Crippen MR) is 78.3 cm³/mol. The van der Waals surface area contributed by atoms with Crippen LogP contribution in [0, 0.1) is 0 Å². The molecule has 0 aromatic heterocycles. The Morgan fingerprint density at radius 2 is 1.10 bits per heavy atom. The third-order valence-electron chi connectivity index (χ3n) is 3.69. The molecule has 1 aliphatic rings. The number of rotatable bonds is 4. The van der Waals surface area contributed by atoms with Crippen molar-refractivity contribution in [3.63, 3.8) is 0 Å². The number of ether oxygens (including phenoxy) is 2. The van der Waals surface area contributed by atoms with E-state index in [1.165, 1.54) is 0 Å². The SMILES string of the molecule is COc1ccc(C2C[C@@H](c3ccc(OC)cc3)OO2)cc1. The molecule has 0 spiro atoms. The van der Waals surface area contributed by atoms with Gasteiger partial charge >= 0.3 is 0 Å². The van der Waals surface area contributed by atoms with Crippen LogP contribution in [0.5, 0.6) is 11.5 Å². The first-order valence-electron chi connectivity index (χ1n) is 6.90. The topological polar surface area (TPSA) is 36.9 Å². The molecule has 0 amide bonds. The van der Waals surface area contributed by atoms with Crippen LogP contribution in [-0.2, 0) is 9.78 Å². The molecule has 1 unspecified atom stereocenters. The second-order valence-corrected chi connectivity index (χ2v) is 4.95. The van der Waals surface area contributed by atoms with E-state index in [0.29, 0.717) is 0 Å².